The minimum absolute atomic E-state index is 0.0318. The van der Waals surface area contributed by atoms with Gasteiger partial charge in [0.05, 0.1) is 24.1 Å². The highest BCUT2D eigenvalue weighted by Crippen LogP contribution is 2.31. The quantitative estimate of drug-likeness (QED) is 0.903. The average molecular weight is 346 g/mol. The van der Waals surface area contributed by atoms with Crippen molar-refractivity contribution in [3.05, 3.63) is 29.3 Å². The number of carbonyl (C=O) groups excluding carboxylic acids is 1. The smallest absolute Gasteiger partial charge is 0.216 e. The van der Waals surface area contributed by atoms with Crippen LogP contribution in [0.15, 0.2) is 29.3 Å². The summed E-state index contributed by atoms with van der Waals surface area (Å²) in [4.78, 5) is 24.2. The van der Waals surface area contributed by atoms with Gasteiger partial charge in [-0.2, -0.15) is 0 Å². The molecule has 2 heterocycles. The van der Waals surface area contributed by atoms with Crippen molar-refractivity contribution in [3.63, 3.8) is 0 Å². The lowest BCUT2D eigenvalue weighted by Crippen LogP contribution is -2.32. The van der Waals surface area contributed by atoms with E-state index < -0.39 is 0 Å². The van der Waals surface area contributed by atoms with Gasteiger partial charge in [0, 0.05) is 50.1 Å². The Labute approximate surface area is 146 Å². The van der Waals surface area contributed by atoms with Crippen molar-refractivity contribution in [2.24, 2.45) is 4.99 Å². The molecule has 0 bridgehead atoms. The average Bonchev–Trinajstić information content (AvgIpc) is 3.07. The second-order valence-electron chi connectivity index (χ2n) is 5.78. The van der Waals surface area contributed by atoms with E-state index in [1.165, 1.54) is 6.92 Å². The lowest BCUT2D eigenvalue weighted by atomic mass is 10.1. The predicted molar refractivity (Wildman–Crippen MR) is 99.4 cm³/mol. The fourth-order valence-electron chi connectivity index (χ4n) is 2.68. The third-order valence-corrected chi connectivity index (χ3v) is 4.18. The number of pyridine rings is 1. The number of halogens is 1. The zero-order chi connectivity index (χ0) is 17.1. The number of amides is 1. The molecule has 1 aliphatic rings. The summed E-state index contributed by atoms with van der Waals surface area (Å²) in [5.41, 5.74) is 1.92. The van der Waals surface area contributed by atoms with Gasteiger partial charge in [0.1, 0.15) is 5.82 Å². The second kappa shape index (κ2) is 7.05. The summed E-state index contributed by atoms with van der Waals surface area (Å²) in [5.74, 6) is 0.807. The number of aromatic nitrogens is 1. The van der Waals surface area contributed by atoms with Crippen molar-refractivity contribution in [2.75, 3.05) is 43.0 Å². The molecule has 1 N–H and O–H groups in total. The minimum atomic E-state index is -0.0318. The Hall–Kier alpha value is -2.34. The SMILES string of the molecule is CC(=O)NCCN(C)c1cc(N2C=NCC2)c2ccc(Cl)cc2n1. The highest BCUT2D eigenvalue weighted by Gasteiger charge is 2.16. The molecule has 1 amide bonds. The van der Waals surface area contributed by atoms with Crippen LogP contribution in [0.2, 0.25) is 5.02 Å². The molecule has 0 saturated heterocycles. The summed E-state index contributed by atoms with van der Waals surface area (Å²) >= 11 is 6.14. The standard InChI is InChI=1S/C17H20ClN5O/c1-12(24)20-6-7-22(2)17-10-16(23-8-5-19-11-23)14-4-3-13(18)9-15(14)21-17/h3-4,9-11H,5-8H2,1-2H3,(H,20,24). The topological polar surface area (TPSA) is 60.8 Å². The van der Waals surface area contributed by atoms with E-state index in [0.29, 0.717) is 18.1 Å². The molecule has 1 aromatic heterocycles. The van der Waals surface area contributed by atoms with Crippen LogP contribution in [0.3, 0.4) is 0 Å². The molecule has 1 aromatic carbocycles. The van der Waals surface area contributed by atoms with Crippen LogP contribution in [0.5, 0.6) is 0 Å². The van der Waals surface area contributed by atoms with Crippen LogP contribution < -0.4 is 15.1 Å². The molecular formula is C17H20ClN5O. The molecule has 126 valence electrons. The molecule has 6 nitrogen and oxygen atoms in total. The Kier molecular flexibility index (Phi) is 4.85. The van der Waals surface area contributed by atoms with E-state index in [2.05, 4.69) is 21.3 Å². The van der Waals surface area contributed by atoms with Gasteiger partial charge in [-0.15, -0.1) is 0 Å². The Morgan fingerprint density at radius 2 is 2.25 bits per heavy atom. The third-order valence-electron chi connectivity index (χ3n) is 3.95. The van der Waals surface area contributed by atoms with Gasteiger partial charge in [0.15, 0.2) is 0 Å². The van der Waals surface area contributed by atoms with E-state index in [9.17, 15) is 4.79 Å². The monoisotopic (exact) mass is 345 g/mol. The molecule has 7 heteroatoms. The second-order valence-corrected chi connectivity index (χ2v) is 6.22. The van der Waals surface area contributed by atoms with Gasteiger partial charge in [0.2, 0.25) is 5.91 Å². The number of benzene rings is 1. The Morgan fingerprint density at radius 1 is 1.42 bits per heavy atom. The third kappa shape index (κ3) is 3.59. The highest BCUT2D eigenvalue weighted by atomic mass is 35.5. The molecule has 1 aliphatic heterocycles. The van der Waals surface area contributed by atoms with Gasteiger partial charge in [0.25, 0.3) is 0 Å². The van der Waals surface area contributed by atoms with Crippen molar-refractivity contribution < 1.29 is 4.79 Å². The Bertz CT molecular complexity index is 792. The zero-order valence-electron chi connectivity index (χ0n) is 13.8. The zero-order valence-corrected chi connectivity index (χ0v) is 14.5. The molecular weight excluding hydrogens is 326 g/mol. The van der Waals surface area contributed by atoms with Crippen molar-refractivity contribution in [2.45, 2.75) is 6.92 Å². The van der Waals surface area contributed by atoms with E-state index in [1.54, 1.807) is 0 Å². The van der Waals surface area contributed by atoms with Crippen LogP contribution in [-0.4, -0.2) is 50.5 Å². The van der Waals surface area contributed by atoms with Gasteiger partial charge >= 0.3 is 0 Å². The summed E-state index contributed by atoms with van der Waals surface area (Å²) in [7, 11) is 1.96. The van der Waals surface area contributed by atoms with Gasteiger partial charge in [-0.05, 0) is 18.2 Å². The summed E-state index contributed by atoms with van der Waals surface area (Å²) in [5, 5.41) is 4.51. The van der Waals surface area contributed by atoms with E-state index in [0.717, 1.165) is 35.5 Å². The number of hydrogen-bond donors (Lipinski definition) is 1. The first-order valence-corrected chi connectivity index (χ1v) is 8.25. The van der Waals surface area contributed by atoms with Crippen LogP contribution in [0.1, 0.15) is 6.92 Å². The maximum Gasteiger partial charge on any atom is 0.216 e. The summed E-state index contributed by atoms with van der Waals surface area (Å²) < 4.78 is 0. The lowest BCUT2D eigenvalue weighted by Gasteiger charge is -2.23. The Balaban J connectivity index is 1.95. The van der Waals surface area contributed by atoms with Crippen LogP contribution >= 0.6 is 11.6 Å². The lowest BCUT2D eigenvalue weighted by molar-refractivity contribution is -0.118. The van der Waals surface area contributed by atoms with Gasteiger partial charge in [-0.1, -0.05) is 11.6 Å². The van der Waals surface area contributed by atoms with Gasteiger partial charge < -0.3 is 15.1 Å². The maximum atomic E-state index is 11.0. The first-order valence-electron chi connectivity index (χ1n) is 7.87. The molecule has 2 aromatic rings. The van der Waals surface area contributed by atoms with E-state index in [1.807, 2.05) is 36.5 Å². The van der Waals surface area contributed by atoms with Crippen molar-refractivity contribution >= 4 is 46.3 Å². The number of hydrogen-bond acceptors (Lipinski definition) is 5. The van der Waals surface area contributed by atoms with Crippen LogP contribution in [-0.2, 0) is 4.79 Å². The molecule has 24 heavy (non-hydrogen) atoms. The number of anilines is 2. The number of aliphatic imine (C=N–C) groups is 1. The number of likely N-dealkylation sites (N-methyl/N-ethyl adjacent to an activating group) is 1. The number of rotatable bonds is 5. The first-order chi connectivity index (χ1) is 11.5. The fourth-order valence-corrected chi connectivity index (χ4v) is 2.85. The number of nitrogens with zero attached hydrogens (tertiary/aromatic N) is 4. The van der Waals surface area contributed by atoms with E-state index >= 15 is 0 Å². The molecule has 0 saturated carbocycles. The number of nitrogens with one attached hydrogen (secondary N) is 1. The summed E-state index contributed by atoms with van der Waals surface area (Å²) in [6.45, 7) is 4.41. The van der Waals surface area contributed by atoms with Crippen LogP contribution in [0.4, 0.5) is 11.5 Å². The molecule has 3 rings (SSSR count). The molecule has 0 atom stereocenters. The Morgan fingerprint density at radius 3 is 2.96 bits per heavy atom. The molecule has 0 spiro atoms. The van der Waals surface area contributed by atoms with Crippen LogP contribution in [0, 0.1) is 0 Å². The van der Waals surface area contributed by atoms with Crippen LogP contribution in [0.25, 0.3) is 10.9 Å². The van der Waals surface area contributed by atoms with Crippen molar-refractivity contribution in [3.8, 4) is 0 Å². The van der Waals surface area contributed by atoms with Gasteiger partial charge in [-0.3, -0.25) is 9.79 Å². The molecule has 0 aliphatic carbocycles. The minimum Gasteiger partial charge on any atom is -0.358 e. The number of carbonyl (C=O) groups is 1. The van der Waals surface area contributed by atoms with Gasteiger partial charge in [-0.25, -0.2) is 4.98 Å². The number of fused-ring (bicyclic) bond motifs is 1. The highest BCUT2D eigenvalue weighted by molar-refractivity contribution is 6.31. The predicted octanol–water partition coefficient (Wildman–Crippen LogP) is 2.31. The van der Waals surface area contributed by atoms with Crippen molar-refractivity contribution in [1.82, 2.24) is 10.3 Å². The summed E-state index contributed by atoms with van der Waals surface area (Å²) in [6, 6.07) is 7.80. The van der Waals surface area contributed by atoms with E-state index in [-0.39, 0.29) is 5.91 Å². The molecule has 0 radical (unpaired) electrons. The maximum absolute atomic E-state index is 11.0. The molecule has 0 unspecified atom stereocenters. The van der Waals surface area contributed by atoms with Crippen molar-refractivity contribution in [1.29, 1.82) is 0 Å². The normalized spacial score (nSPS) is 13.5. The summed E-state index contributed by atoms with van der Waals surface area (Å²) in [6.07, 6.45) is 1.87. The fraction of sp³-hybridized carbons (Fsp3) is 0.353. The van der Waals surface area contributed by atoms with E-state index in [4.69, 9.17) is 16.6 Å². The largest absolute Gasteiger partial charge is 0.358 e. The molecule has 0 fully saturated rings. The first kappa shape index (κ1) is 16.5.